The lowest BCUT2D eigenvalue weighted by Gasteiger charge is -2.30. The van der Waals surface area contributed by atoms with Gasteiger partial charge in [-0.15, -0.1) is 0 Å². The van der Waals surface area contributed by atoms with Crippen LogP contribution in [0.5, 0.6) is 0 Å². The molecule has 0 aliphatic carbocycles. The summed E-state index contributed by atoms with van der Waals surface area (Å²) in [4.78, 5) is 23.4. The third-order valence-electron chi connectivity index (χ3n) is 4.75. The number of nitrogens with zero attached hydrogens (tertiary/aromatic N) is 4. The van der Waals surface area contributed by atoms with Crippen LogP contribution in [-0.2, 0) is 11.0 Å². The number of halogens is 5. The van der Waals surface area contributed by atoms with Crippen LogP contribution >= 0.6 is 11.6 Å². The second-order valence-electron chi connectivity index (χ2n) is 6.93. The van der Waals surface area contributed by atoms with Gasteiger partial charge in [-0.2, -0.15) is 13.2 Å². The summed E-state index contributed by atoms with van der Waals surface area (Å²) in [5, 5.41) is 9.96. The molecule has 1 N–H and O–H groups in total. The van der Waals surface area contributed by atoms with E-state index in [1.165, 1.54) is 28.9 Å². The Hall–Kier alpha value is -2.46. The van der Waals surface area contributed by atoms with Gasteiger partial charge in [0.25, 0.3) is 0 Å². The van der Waals surface area contributed by atoms with Crippen LogP contribution in [0, 0.1) is 12.7 Å². The lowest BCUT2D eigenvalue weighted by atomic mass is 10.1. The van der Waals surface area contributed by atoms with Crippen molar-refractivity contribution in [3.63, 3.8) is 0 Å². The molecule has 3 rings (SSSR count). The highest BCUT2D eigenvalue weighted by atomic mass is 35.5. The van der Waals surface area contributed by atoms with Crippen molar-refractivity contribution in [3.05, 3.63) is 46.5 Å². The predicted molar refractivity (Wildman–Crippen MR) is 103 cm³/mol. The Morgan fingerprint density at radius 2 is 2.03 bits per heavy atom. The van der Waals surface area contributed by atoms with E-state index in [4.69, 9.17) is 11.6 Å². The van der Waals surface area contributed by atoms with E-state index in [0.29, 0.717) is 5.69 Å². The Balaban J connectivity index is 1.97. The first-order valence-electron chi connectivity index (χ1n) is 9.15. The molecule has 6 nitrogen and oxygen atoms in total. The van der Waals surface area contributed by atoms with Gasteiger partial charge in [-0.1, -0.05) is 11.6 Å². The van der Waals surface area contributed by atoms with Crippen molar-refractivity contribution in [2.24, 2.45) is 0 Å². The van der Waals surface area contributed by atoms with E-state index in [1.54, 1.807) is 6.92 Å². The number of carbonyl (C=O) groups excluding carboxylic acids is 1. The zero-order chi connectivity index (χ0) is 22.2. The van der Waals surface area contributed by atoms with Crippen LogP contribution in [0.1, 0.15) is 24.7 Å². The van der Waals surface area contributed by atoms with Gasteiger partial charge in [0.15, 0.2) is 0 Å². The first-order chi connectivity index (χ1) is 14.0. The number of benzene rings is 1. The molecule has 0 saturated carbocycles. The number of aliphatic hydroxyl groups excluding tert-OH is 1. The molecule has 162 valence electrons. The van der Waals surface area contributed by atoms with E-state index in [0.717, 1.165) is 12.1 Å². The summed E-state index contributed by atoms with van der Waals surface area (Å²) < 4.78 is 53.0. The number of carbonyl (C=O) groups is 1. The average molecular weight is 447 g/mol. The molecule has 0 radical (unpaired) electrons. The molecule has 0 spiro atoms. The van der Waals surface area contributed by atoms with Gasteiger partial charge in [0.05, 0.1) is 11.1 Å². The lowest BCUT2D eigenvalue weighted by Crippen LogP contribution is -2.46. The van der Waals surface area contributed by atoms with Crippen molar-refractivity contribution >= 4 is 29.1 Å². The van der Waals surface area contributed by atoms with Crippen LogP contribution < -0.4 is 9.80 Å². The highest BCUT2D eigenvalue weighted by Gasteiger charge is 2.41. The van der Waals surface area contributed by atoms with Crippen LogP contribution in [0.3, 0.4) is 0 Å². The number of aryl methyl sites for hydroxylation is 1. The topological polar surface area (TPSA) is 69.6 Å². The van der Waals surface area contributed by atoms with Gasteiger partial charge < -0.3 is 14.9 Å². The number of alkyl halides is 3. The minimum Gasteiger partial charge on any atom is -0.391 e. The molecule has 1 saturated heterocycles. The van der Waals surface area contributed by atoms with Gasteiger partial charge in [0, 0.05) is 30.9 Å². The second kappa shape index (κ2) is 8.35. The van der Waals surface area contributed by atoms with Gasteiger partial charge in [-0.25, -0.2) is 14.4 Å². The second-order valence-corrected chi connectivity index (χ2v) is 7.34. The SMILES string of the molecule is CCN(C(=O)C1CC(O)CN1c1nc(C)cc(C(F)(F)F)n1)c1ccc(F)c(Cl)c1. The summed E-state index contributed by atoms with van der Waals surface area (Å²) in [5.41, 5.74) is -0.718. The minimum absolute atomic E-state index is 0.0110. The van der Waals surface area contributed by atoms with Gasteiger partial charge in [-0.3, -0.25) is 4.79 Å². The molecular weight excluding hydrogens is 428 g/mol. The van der Waals surface area contributed by atoms with Crippen molar-refractivity contribution in [2.45, 2.75) is 38.6 Å². The smallest absolute Gasteiger partial charge is 0.391 e. The highest BCUT2D eigenvalue weighted by Crippen LogP contribution is 2.32. The summed E-state index contributed by atoms with van der Waals surface area (Å²) >= 11 is 5.81. The normalized spacial score (nSPS) is 19.3. The molecule has 2 atom stereocenters. The Bertz CT molecular complexity index is 957. The predicted octanol–water partition coefficient (Wildman–Crippen LogP) is 3.59. The van der Waals surface area contributed by atoms with E-state index in [-0.39, 0.29) is 36.2 Å². The molecule has 1 aliphatic rings. The van der Waals surface area contributed by atoms with Crippen LogP contribution in [0.25, 0.3) is 0 Å². The van der Waals surface area contributed by atoms with Crippen molar-refractivity contribution in [1.29, 1.82) is 0 Å². The maximum Gasteiger partial charge on any atom is 0.433 e. The largest absolute Gasteiger partial charge is 0.433 e. The standard InChI is InChI=1S/C19H19ClF4N4O2/c1-3-27(11-4-5-14(21)13(20)7-11)17(30)15-8-12(29)9-28(15)18-25-10(2)6-16(26-18)19(22,23)24/h4-7,12,15,29H,3,8-9H2,1-2H3. The molecule has 0 bridgehead atoms. The van der Waals surface area contributed by atoms with Gasteiger partial charge >= 0.3 is 6.18 Å². The number of hydrogen-bond acceptors (Lipinski definition) is 5. The van der Waals surface area contributed by atoms with E-state index < -0.39 is 35.7 Å². The maximum atomic E-state index is 13.5. The van der Waals surface area contributed by atoms with Crippen LogP contribution in [0.2, 0.25) is 5.02 Å². The highest BCUT2D eigenvalue weighted by molar-refractivity contribution is 6.31. The molecule has 1 aromatic carbocycles. The molecule has 30 heavy (non-hydrogen) atoms. The number of hydrogen-bond donors (Lipinski definition) is 1. The maximum absolute atomic E-state index is 13.5. The summed E-state index contributed by atoms with van der Waals surface area (Å²) in [7, 11) is 0. The molecular formula is C19H19ClF4N4O2. The molecule has 1 aliphatic heterocycles. The number of rotatable bonds is 4. The summed E-state index contributed by atoms with van der Waals surface area (Å²) in [6, 6.07) is 3.61. The van der Waals surface area contributed by atoms with E-state index in [1.807, 2.05) is 0 Å². The monoisotopic (exact) mass is 446 g/mol. The minimum atomic E-state index is -4.68. The first kappa shape index (κ1) is 22.2. The number of aromatic nitrogens is 2. The third kappa shape index (κ3) is 4.49. The van der Waals surface area contributed by atoms with Crippen LogP contribution in [0.15, 0.2) is 24.3 Å². The molecule has 2 unspecified atom stereocenters. The first-order valence-corrected chi connectivity index (χ1v) is 9.53. The van der Waals surface area contributed by atoms with Gasteiger partial charge in [-0.05, 0) is 38.1 Å². The van der Waals surface area contributed by atoms with E-state index in [9.17, 15) is 27.5 Å². The molecule has 11 heteroatoms. The van der Waals surface area contributed by atoms with Crippen molar-refractivity contribution < 1.29 is 27.5 Å². The number of β-amino-alcohol motifs (C(OH)–C–C–N with tert-alkyl or cyclic N) is 1. The van der Waals surface area contributed by atoms with Crippen LogP contribution in [-0.4, -0.2) is 46.2 Å². The number of amides is 1. The fraction of sp³-hybridized carbons (Fsp3) is 0.421. The summed E-state index contributed by atoms with van der Waals surface area (Å²) in [6.07, 6.45) is -5.64. The fourth-order valence-corrected chi connectivity index (χ4v) is 3.57. The van der Waals surface area contributed by atoms with Crippen molar-refractivity contribution in [2.75, 3.05) is 22.9 Å². The molecule has 1 amide bonds. The zero-order valence-corrected chi connectivity index (χ0v) is 16.9. The summed E-state index contributed by atoms with van der Waals surface area (Å²) in [6.45, 7) is 3.18. The Morgan fingerprint density at radius 1 is 1.33 bits per heavy atom. The molecule has 1 aromatic heterocycles. The van der Waals surface area contributed by atoms with Gasteiger partial charge in [0.1, 0.15) is 17.6 Å². The quantitative estimate of drug-likeness (QED) is 0.727. The Kier molecular flexibility index (Phi) is 6.19. The van der Waals surface area contributed by atoms with E-state index in [2.05, 4.69) is 9.97 Å². The number of aliphatic hydroxyl groups is 1. The zero-order valence-electron chi connectivity index (χ0n) is 16.1. The fourth-order valence-electron chi connectivity index (χ4n) is 3.39. The van der Waals surface area contributed by atoms with Crippen molar-refractivity contribution in [1.82, 2.24) is 9.97 Å². The Labute approximate surface area is 175 Å². The van der Waals surface area contributed by atoms with E-state index >= 15 is 0 Å². The Morgan fingerprint density at radius 3 is 2.63 bits per heavy atom. The van der Waals surface area contributed by atoms with Crippen molar-refractivity contribution in [3.8, 4) is 0 Å². The molecule has 2 heterocycles. The summed E-state index contributed by atoms with van der Waals surface area (Å²) in [5.74, 6) is -1.42. The third-order valence-corrected chi connectivity index (χ3v) is 5.04. The molecule has 1 fully saturated rings. The molecule has 2 aromatic rings. The van der Waals surface area contributed by atoms with Gasteiger partial charge in [0.2, 0.25) is 11.9 Å². The number of anilines is 2. The van der Waals surface area contributed by atoms with Crippen LogP contribution in [0.4, 0.5) is 29.2 Å². The number of likely N-dealkylation sites (N-methyl/N-ethyl adjacent to an activating group) is 1. The average Bonchev–Trinajstić information content (AvgIpc) is 3.06. The lowest BCUT2D eigenvalue weighted by molar-refractivity contribution is -0.141.